The Kier molecular flexibility index (Phi) is 8.11. The maximum absolute atomic E-state index is 11.6. The van der Waals surface area contributed by atoms with E-state index in [1.165, 1.54) is 11.8 Å². The lowest BCUT2D eigenvalue weighted by molar-refractivity contribution is 0.259. The monoisotopic (exact) mass is 441 g/mol. The molecule has 0 aliphatic heterocycles. The molecule has 0 unspecified atom stereocenters. The van der Waals surface area contributed by atoms with Crippen molar-refractivity contribution in [3.05, 3.63) is 23.8 Å². The number of anilines is 2. The van der Waals surface area contributed by atoms with Gasteiger partial charge in [0.2, 0.25) is 21.9 Å². The predicted octanol–water partition coefficient (Wildman–Crippen LogP) is 2.01. The lowest BCUT2D eigenvalue weighted by Gasteiger charge is -2.19. The fraction of sp³-hybridized carbons (Fsp3) is 0.588. The Bertz CT molecular complexity index is 908. The number of sulfonamides is 1. The summed E-state index contributed by atoms with van der Waals surface area (Å²) in [6.45, 7) is 7.79. The Hall–Kier alpha value is -2.05. The number of nitrogens with one attached hydrogen (secondary N) is 2. The van der Waals surface area contributed by atoms with Crippen LogP contribution in [0.2, 0.25) is 0 Å². The molecule has 0 amide bonds. The number of hydrogen-bond acceptors (Lipinski definition) is 10. The van der Waals surface area contributed by atoms with Crippen LogP contribution in [0.5, 0.6) is 0 Å². The van der Waals surface area contributed by atoms with Crippen molar-refractivity contribution < 1.29 is 13.5 Å². The molecule has 0 bridgehead atoms. The van der Waals surface area contributed by atoms with Gasteiger partial charge in [-0.05, 0) is 31.7 Å². The van der Waals surface area contributed by atoms with Gasteiger partial charge in [-0.1, -0.05) is 25.6 Å². The maximum atomic E-state index is 11.6. The number of aryl methyl sites for hydroxylation is 1. The molecule has 0 aromatic carbocycles. The van der Waals surface area contributed by atoms with Gasteiger partial charge in [0.15, 0.2) is 5.16 Å². The normalized spacial score (nSPS) is 13.9. The largest absolute Gasteiger partial charge is 0.394 e. The molecule has 2 aromatic rings. The Morgan fingerprint density at radius 1 is 1.10 bits per heavy atom. The van der Waals surface area contributed by atoms with E-state index < -0.39 is 10.0 Å². The lowest BCUT2D eigenvalue weighted by Crippen LogP contribution is -2.27. The number of aromatic nitrogens is 5. The van der Waals surface area contributed by atoms with Crippen molar-refractivity contribution in [2.45, 2.75) is 50.6 Å². The number of aliphatic hydroxyl groups excluding tert-OH is 1. The molecule has 0 aliphatic carbocycles. The Balaban J connectivity index is 2.29. The van der Waals surface area contributed by atoms with Gasteiger partial charge >= 0.3 is 0 Å². The molecule has 0 saturated carbocycles. The van der Waals surface area contributed by atoms with E-state index in [0.717, 1.165) is 11.8 Å². The fourth-order valence-corrected chi connectivity index (χ4v) is 3.68. The summed E-state index contributed by atoms with van der Waals surface area (Å²) in [6.07, 6.45) is 5.18. The molecule has 160 valence electrons. The molecule has 2 heterocycles. The van der Waals surface area contributed by atoms with Crippen LogP contribution >= 0.6 is 11.8 Å². The molecule has 0 saturated heterocycles. The number of thioether (sulfide) groups is 1. The van der Waals surface area contributed by atoms with Crippen LogP contribution < -0.4 is 10.0 Å². The van der Waals surface area contributed by atoms with Gasteiger partial charge in [-0.2, -0.15) is 15.0 Å². The summed E-state index contributed by atoms with van der Waals surface area (Å²) in [7, 11) is -3.56. The minimum atomic E-state index is -3.56. The molecule has 29 heavy (non-hydrogen) atoms. The molecule has 2 rings (SSSR count). The van der Waals surface area contributed by atoms with Gasteiger partial charge in [0.1, 0.15) is 5.82 Å². The van der Waals surface area contributed by atoms with Gasteiger partial charge in [-0.25, -0.2) is 18.4 Å². The van der Waals surface area contributed by atoms with E-state index in [1.54, 1.807) is 12.4 Å². The minimum Gasteiger partial charge on any atom is -0.394 e. The van der Waals surface area contributed by atoms with Crippen molar-refractivity contribution in [1.29, 1.82) is 0 Å². The van der Waals surface area contributed by atoms with Crippen molar-refractivity contribution in [1.82, 2.24) is 24.9 Å². The Morgan fingerprint density at radius 3 is 2.28 bits per heavy atom. The first kappa shape index (κ1) is 23.2. The van der Waals surface area contributed by atoms with E-state index in [1.807, 2.05) is 27.7 Å². The van der Waals surface area contributed by atoms with Crippen LogP contribution in [0.15, 0.2) is 17.6 Å². The van der Waals surface area contributed by atoms with Gasteiger partial charge in [0.05, 0.1) is 24.2 Å². The van der Waals surface area contributed by atoms with Gasteiger partial charge in [-0.3, -0.25) is 4.72 Å². The van der Waals surface area contributed by atoms with Crippen molar-refractivity contribution in [2.24, 2.45) is 5.92 Å². The second-order valence-corrected chi connectivity index (χ2v) is 10.2. The van der Waals surface area contributed by atoms with Crippen molar-refractivity contribution in [3.8, 4) is 0 Å². The van der Waals surface area contributed by atoms with Crippen LogP contribution in [0.4, 0.5) is 11.9 Å². The molecular weight excluding hydrogens is 414 g/mol. The number of aliphatic hydroxyl groups is 1. The molecule has 10 nitrogen and oxygen atoms in total. The molecule has 0 fully saturated rings. The summed E-state index contributed by atoms with van der Waals surface area (Å²) in [5, 5.41) is 12.8. The zero-order valence-electron chi connectivity index (χ0n) is 17.1. The maximum Gasteiger partial charge on any atom is 0.242 e. The van der Waals surface area contributed by atoms with E-state index >= 15 is 0 Å². The van der Waals surface area contributed by atoms with Crippen LogP contribution in [-0.4, -0.2) is 57.3 Å². The van der Waals surface area contributed by atoms with Gasteiger partial charge in [0, 0.05) is 12.4 Å². The van der Waals surface area contributed by atoms with Crippen LogP contribution in [0.3, 0.4) is 0 Å². The van der Waals surface area contributed by atoms with Gasteiger partial charge in [0.25, 0.3) is 0 Å². The van der Waals surface area contributed by atoms with E-state index in [4.69, 9.17) is 0 Å². The lowest BCUT2D eigenvalue weighted by atomic mass is 10.0. The first-order valence-corrected chi connectivity index (χ1v) is 11.9. The second-order valence-electron chi connectivity index (χ2n) is 7.17. The molecule has 0 radical (unpaired) electrons. The summed E-state index contributed by atoms with van der Waals surface area (Å²) >= 11 is 1.28. The van der Waals surface area contributed by atoms with Crippen LogP contribution in [0.1, 0.15) is 43.8 Å². The zero-order chi connectivity index (χ0) is 21.6. The first-order valence-electron chi connectivity index (χ1n) is 9.12. The summed E-state index contributed by atoms with van der Waals surface area (Å²) in [4.78, 5) is 21.3. The van der Waals surface area contributed by atoms with Crippen LogP contribution in [0.25, 0.3) is 0 Å². The van der Waals surface area contributed by atoms with E-state index in [2.05, 4.69) is 35.0 Å². The molecule has 2 atom stereocenters. The van der Waals surface area contributed by atoms with Crippen LogP contribution in [-0.2, 0) is 10.0 Å². The number of hydrogen-bond donors (Lipinski definition) is 3. The van der Waals surface area contributed by atoms with E-state index in [-0.39, 0.29) is 29.8 Å². The molecular formula is C17H27N7O3S2. The SMILES string of the molecule is Cc1cnc([C@@H](C)Sc2nc(N[C@@H](CO)CC(C)C)nc(NS(C)(=O)=O)n2)nc1. The van der Waals surface area contributed by atoms with Crippen molar-refractivity contribution in [3.63, 3.8) is 0 Å². The third-order valence-electron chi connectivity index (χ3n) is 3.65. The third kappa shape index (κ3) is 8.07. The fourth-order valence-electron chi connectivity index (χ4n) is 2.44. The molecule has 0 spiro atoms. The third-order valence-corrected chi connectivity index (χ3v) is 5.16. The second kappa shape index (κ2) is 10.1. The highest BCUT2D eigenvalue weighted by atomic mass is 32.2. The highest BCUT2D eigenvalue weighted by Gasteiger charge is 2.18. The summed E-state index contributed by atoms with van der Waals surface area (Å²) in [6, 6.07) is -0.265. The molecule has 12 heteroatoms. The van der Waals surface area contributed by atoms with E-state index in [0.29, 0.717) is 23.3 Å². The summed E-state index contributed by atoms with van der Waals surface area (Å²) in [5.74, 6) is 1.06. The number of rotatable bonds is 10. The first-order chi connectivity index (χ1) is 13.6. The number of nitrogens with zero attached hydrogens (tertiary/aromatic N) is 5. The predicted molar refractivity (Wildman–Crippen MR) is 113 cm³/mol. The quantitative estimate of drug-likeness (QED) is 0.468. The molecule has 0 aliphatic rings. The standard InChI is InChI=1S/C17H27N7O3S2/c1-10(2)6-13(9-25)20-15-21-16(24-29(5,26)27)23-17(22-15)28-12(4)14-18-7-11(3)8-19-14/h7-8,10,12-13,25H,6,9H2,1-5H3,(H2,20,21,22,23,24)/t12-,13-/m1/s1. The van der Waals surface area contributed by atoms with Gasteiger partial charge in [-0.15, -0.1) is 0 Å². The highest BCUT2D eigenvalue weighted by molar-refractivity contribution is 7.99. The highest BCUT2D eigenvalue weighted by Crippen LogP contribution is 2.31. The molecule has 2 aromatic heterocycles. The minimum absolute atomic E-state index is 0.0919. The molecule has 3 N–H and O–H groups in total. The topological polar surface area (TPSA) is 143 Å². The van der Waals surface area contributed by atoms with Gasteiger partial charge < -0.3 is 10.4 Å². The van der Waals surface area contributed by atoms with Crippen LogP contribution in [0, 0.1) is 12.8 Å². The zero-order valence-corrected chi connectivity index (χ0v) is 18.8. The summed E-state index contributed by atoms with van der Waals surface area (Å²) < 4.78 is 25.5. The average Bonchev–Trinajstić information content (AvgIpc) is 2.59. The Morgan fingerprint density at radius 2 is 1.72 bits per heavy atom. The smallest absolute Gasteiger partial charge is 0.242 e. The summed E-state index contributed by atoms with van der Waals surface area (Å²) in [5.41, 5.74) is 0.956. The van der Waals surface area contributed by atoms with Crippen molar-refractivity contribution >= 4 is 33.7 Å². The van der Waals surface area contributed by atoms with E-state index in [9.17, 15) is 13.5 Å². The van der Waals surface area contributed by atoms with Crippen molar-refractivity contribution in [2.75, 3.05) is 22.9 Å². The Labute approximate surface area is 175 Å². The average molecular weight is 442 g/mol.